The van der Waals surface area contributed by atoms with E-state index >= 15 is 0 Å². The molecule has 2 heterocycles. The highest BCUT2D eigenvalue weighted by Crippen LogP contribution is 2.21. The van der Waals surface area contributed by atoms with Gasteiger partial charge in [-0.25, -0.2) is 0 Å². The lowest BCUT2D eigenvalue weighted by molar-refractivity contribution is 0.392. The summed E-state index contributed by atoms with van der Waals surface area (Å²) >= 11 is 0. The maximum Gasteiger partial charge on any atom is 0.138 e. The van der Waals surface area contributed by atoms with Crippen molar-refractivity contribution in [3.8, 4) is 6.07 Å². The van der Waals surface area contributed by atoms with Crippen LogP contribution < -0.4 is 5.32 Å². The van der Waals surface area contributed by atoms with Gasteiger partial charge >= 0.3 is 0 Å². The van der Waals surface area contributed by atoms with Crippen molar-refractivity contribution >= 4 is 5.69 Å². The van der Waals surface area contributed by atoms with Crippen LogP contribution in [0, 0.1) is 39.0 Å². The van der Waals surface area contributed by atoms with E-state index in [9.17, 15) is 5.26 Å². The zero-order chi connectivity index (χ0) is 14.0. The fourth-order valence-electron chi connectivity index (χ4n) is 2.05. The Morgan fingerprint density at radius 1 is 1.26 bits per heavy atom. The van der Waals surface area contributed by atoms with Crippen LogP contribution in [0.2, 0.25) is 0 Å². The van der Waals surface area contributed by atoms with Crippen LogP contribution in [0.15, 0.2) is 10.6 Å². The van der Waals surface area contributed by atoms with E-state index in [4.69, 9.17) is 4.52 Å². The van der Waals surface area contributed by atoms with Crippen molar-refractivity contribution in [2.45, 2.75) is 34.2 Å². The van der Waals surface area contributed by atoms with Crippen LogP contribution in [0.1, 0.15) is 34.0 Å². The lowest BCUT2D eigenvalue weighted by atomic mass is 10.1. The monoisotopic (exact) mass is 256 g/mol. The highest BCUT2D eigenvalue weighted by atomic mass is 16.5. The van der Waals surface area contributed by atoms with Gasteiger partial charge < -0.3 is 9.84 Å². The first-order valence-corrected chi connectivity index (χ1v) is 6.07. The number of anilines is 1. The summed E-state index contributed by atoms with van der Waals surface area (Å²) < 4.78 is 5.12. The van der Waals surface area contributed by atoms with Crippen LogP contribution in [-0.2, 0) is 6.54 Å². The maximum atomic E-state index is 9.20. The molecule has 19 heavy (non-hydrogen) atoms. The number of aryl methyl sites for hydroxylation is 4. The molecule has 2 aromatic rings. The molecule has 98 valence electrons. The largest absolute Gasteiger partial charge is 0.380 e. The first-order valence-electron chi connectivity index (χ1n) is 6.07. The van der Waals surface area contributed by atoms with Gasteiger partial charge in [-0.15, -0.1) is 0 Å². The van der Waals surface area contributed by atoms with Crippen LogP contribution in [0.4, 0.5) is 5.69 Å². The highest BCUT2D eigenvalue weighted by Gasteiger charge is 2.11. The number of hydrogen-bond donors (Lipinski definition) is 1. The molecule has 0 aliphatic heterocycles. The van der Waals surface area contributed by atoms with E-state index in [1.54, 1.807) is 0 Å². The Bertz CT molecular complexity index is 633. The summed E-state index contributed by atoms with van der Waals surface area (Å²) in [5.74, 6) is 0.797. The molecule has 0 amide bonds. The predicted octanol–water partition coefficient (Wildman–Crippen LogP) is 2.79. The summed E-state index contributed by atoms with van der Waals surface area (Å²) in [7, 11) is 0. The van der Waals surface area contributed by atoms with Gasteiger partial charge in [0, 0.05) is 17.8 Å². The van der Waals surface area contributed by atoms with Crippen LogP contribution in [-0.4, -0.2) is 10.1 Å². The molecule has 0 atom stereocenters. The van der Waals surface area contributed by atoms with E-state index < -0.39 is 0 Å². The molecule has 0 unspecified atom stereocenters. The van der Waals surface area contributed by atoms with Crippen molar-refractivity contribution in [2.75, 3.05) is 5.32 Å². The highest BCUT2D eigenvalue weighted by molar-refractivity contribution is 5.60. The van der Waals surface area contributed by atoms with E-state index in [0.717, 1.165) is 34.1 Å². The number of pyridine rings is 1. The van der Waals surface area contributed by atoms with Crippen LogP contribution in [0.5, 0.6) is 0 Å². The average molecular weight is 256 g/mol. The third-order valence-corrected chi connectivity index (χ3v) is 3.08. The maximum absolute atomic E-state index is 9.20. The predicted molar refractivity (Wildman–Crippen MR) is 71.7 cm³/mol. The zero-order valence-electron chi connectivity index (χ0n) is 11.5. The first-order chi connectivity index (χ1) is 9.02. The van der Waals surface area contributed by atoms with Crippen molar-refractivity contribution < 1.29 is 4.52 Å². The molecule has 0 saturated heterocycles. The standard InChI is InChI=1S/C14H16N4O/c1-8-5-14(12(6-15)9(2)17-8)16-7-13-10(3)18-19-11(13)4/h5H,7H2,1-4H3,(H,16,17). The molecule has 0 aromatic carbocycles. The molecule has 0 spiro atoms. The Labute approximate surface area is 112 Å². The number of nitrogens with zero attached hydrogens (tertiary/aromatic N) is 3. The second-order valence-electron chi connectivity index (χ2n) is 4.54. The van der Waals surface area contributed by atoms with Gasteiger partial charge in [-0.3, -0.25) is 4.98 Å². The SMILES string of the molecule is Cc1cc(NCc2c(C)noc2C)c(C#N)c(C)n1. The Morgan fingerprint density at radius 2 is 2.00 bits per heavy atom. The molecular formula is C14H16N4O. The second kappa shape index (κ2) is 5.11. The first kappa shape index (κ1) is 13.1. The molecule has 5 heteroatoms. The molecule has 0 aliphatic carbocycles. The Kier molecular flexibility index (Phi) is 3.52. The van der Waals surface area contributed by atoms with E-state index in [1.165, 1.54) is 0 Å². The number of nitrogens with one attached hydrogen (secondary N) is 1. The molecule has 0 fully saturated rings. The molecule has 2 aromatic heterocycles. The third-order valence-electron chi connectivity index (χ3n) is 3.08. The van der Waals surface area contributed by atoms with Crippen molar-refractivity contribution in [3.05, 3.63) is 40.0 Å². The summed E-state index contributed by atoms with van der Waals surface area (Å²) in [6.45, 7) is 8.12. The minimum atomic E-state index is 0.581. The minimum absolute atomic E-state index is 0.581. The fraction of sp³-hybridized carbons (Fsp3) is 0.357. The summed E-state index contributed by atoms with van der Waals surface area (Å²) in [5, 5.41) is 16.4. The van der Waals surface area contributed by atoms with Gasteiger partial charge in [0.1, 0.15) is 11.8 Å². The number of nitriles is 1. The van der Waals surface area contributed by atoms with Gasteiger partial charge in [-0.1, -0.05) is 5.16 Å². The molecule has 5 nitrogen and oxygen atoms in total. The number of rotatable bonds is 3. The molecular weight excluding hydrogens is 240 g/mol. The quantitative estimate of drug-likeness (QED) is 0.913. The van der Waals surface area contributed by atoms with Crippen molar-refractivity contribution in [1.82, 2.24) is 10.1 Å². The number of hydrogen-bond acceptors (Lipinski definition) is 5. The molecule has 0 radical (unpaired) electrons. The van der Waals surface area contributed by atoms with Gasteiger partial charge in [0.2, 0.25) is 0 Å². The van der Waals surface area contributed by atoms with Crippen molar-refractivity contribution in [3.63, 3.8) is 0 Å². The summed E-state index contributed by atoms with van der Waals surface area (Å²) in [6.07, 6.45) is 0. The molecule has 0 bridgehead atoms. The normalized spacial score (nSPS) is 10.3. The summed E-state index contributed by atoms with van der Waals surface area (Å²) in [6, 6.07) is 4.07. The lowest BCUT2D eigenvalue weighted by Gasteiger charge is -2.10. The summed E-state index contributed by atoms with van der Waals surface area (Å²) in [4.78, 5) is 4.29. The second-order valence-corrected chi connectivity index (χ2v) is 4.54. The van der Waals surface area contributed by atoms with Gasteiger partial charge in [-0.05, 0) is 33.8 Å². The Hall–Kier alpha value is -2.35. The van der Waals surface area contributed by atoms with Crippen LogP contribution >= 0.6 is 0 Å². The van der Waals surface area contributed by atoms with Gasteiger partial charge in [-0.2, -0.15) is 5.26 Å². The molecule has 2 rings (SSSR count). The van der Waals surface area contributed by atoms with Crippen LogP contribution in [0.3, 0.4) is 0 Å². The average Bonchev–Trinajstić information content (AvgIpc) is 2.66. The fourth-order valence-corrected chi connectivity index (χ4v) is 2.05. The Morgan fingerprint density at radius 3 is 2.58 bits per heavy atom. The van der Waals surface area contributed by atoms with Gasteiger partial charge in [0.25, 0.3) is 0 Å². The third kappa shape index (κ3) is 2.58. The van der Waals surface area contributed by atoms with E-state index in [-0.39, 0.29) is 0 Å². The lowest BCUT2D eigenvalue weighted by Crippen LogP contribution is -2.05. The topological polar surface area (TPSA) is 74.7 Å². The molecule has 0 saturated carbocycles. The molecule has 1 N–H and O–H groups in total. The number of aromatic nitrogens is 2. The van der Waals surface area contributed by atoms with Crippen LogP contribution in [0.25, 0.3) is 0 Å². The van der Waals surface area contributed by atoms with E-state index in [1.807, 2.05) is 33.8 Å². The van der Waals surface area contributed by atoms with E-state index in [2.05, 4.69) is 21.5 Å². The minimum Gasteiger partial charge on any atom is -0.380 e. The Balaban J connectivity index is 2.28. The van der Waals surface area contributed by atoms with E-state index in [0.29, 0.717) is 12.1 Å². The van der Waals surface area contributed by atoms with Crippen molar-refractivity contribution in [2.24, 2.45) is 0 Å². The van der Waals surface area contributed by atoms with Gasteiger partial charge in [0.15, 0.2) is 0 Å². The smallest absolute Gasteiger partial charge is 0.138 e. The van der Waals surface area contributed by atoms with Gasteiger partial charge in [0.05, 0.1) is 22.6 Å². The van der Waals surface area contributed by atoms with Crippen molar-refractivity contribution in [1.29, 1.82) is 5.26 Å². The summed E-state index contributed by atoms with van der Waals surface area (Å²) in [5.41, 5.74) is 4.90. The zero-order valence-corrected chi connectivity index (χ0v) is 11.5. The molecule has 0 aliphatic rings.